The monoisotopic (exact) mass is 495 g/mol. The molecule has 1 heterocycles. The van der Waals surface area contributed by atoms with Gasteiger partial charge < -0.3 is 14.7 Å². The van der Waals surface area contributed by atoms with Crippen molar-refractivity contribution in [1.29, 1.82) is 0 Å². The number of carbonyl (C=O) groups is 1. The zero-order chi connectivity index (χ0) is 25.5. The molecule has 3 rings (SSSR count). The lowest BCUT2D eigenvalue weighted by Crippen LogP contribution is -2.16. The molecule has 2 N–H and O–H groups in total. The fourth-order valence-electron chi connectivity index (χ4n) is 3.55. The summed E-state index contributed by atoms with van der Waals surface area (Å²) in [5.41, 5.74) is 4.81. The van der Waals surface area contributed by atoms with Gasteiger partial charge in [-0.25, -0.2) is 4.39 Å². The minimum Gasteiger partial charge on any atom is -0.392 e. The SMILES string of the molecule is Cc1cc(-c2cc(-c3ccccc3)nc(C(C)C)c2C#COC(=O)CC(O)C[PH](=O)O)ccc1F. The van der Waals surface area contributed by atoms with Gasteiger partial charge in [0.2, 0.25) is 0 Å². The molecule has 2 atom stereocenters. The van der Waals surface area contributed by atoms with Gasteiger partial charge in [0, 0.05) is 17.3 Å². The molecule has 0 aliphatic carbocycles. The van der Waals surface area contributed by atoms with Gasteiger partial charge >= 0.3 is 5.97 Å². The number of aryl methyl sites for hydroxylation is 1. The highest BCUT2D eigenvalue weighted by Crippen LogP contribution is 2.33. The lowest BCUT2D eigenvalue weighted by atomic mass is 9.92. The summed E-state index contributed by atoms with van der Waals surface area (Å²) < 4.78 is 29.8. The van der Waals surface area contributed by atoms with Crippen LogP contribution in [0.4, 0.5) is 4.39 Å². The summed E-state index contributed by atoms with van der Waals surface area (Å²) in [5.74, 6) is 1.73. The van der Waals surface area contributed by atoms with Gasteiger partial charge in [0.05, 0.1) is 29.5 Å². The highest BCUT2D eigenvalue weighted by Gasteiger charge is 2.18. The third kappa shape index (κ3) is 7.10. The van der Waals surface area contributed by atoms with E-state index in [2.05, 4.69) is 12.0 Å². The molecule has 0 fully saturated rings. The van der Waals surface area contributed by atoms with Crippen molar-refractivity contribution >= 4 is 14.0 Å². The summed E-state index contributed by atoms with van der Waals surface area (Å²) in [5, 5.41) is 9.68. The highest BCUT2D eigenvalue weighted by molar-refractivity contribution is 7.38. The molecule has 0 amide bonds. The van der Waals surface area contributed by atoms with Gasteiger partial charge in [-0.15, -0.1) is 0 Å². The number of hydrogen-bond acceptors (Lipinski definition) is 5. The molecule has 0 bridgehead atoms. The molecule has 182 valence electrons. The van der Waals surface area contributed by atoms with Crippen LogP contribution in [0.1, 0.15) is 43.0 Å². The summed E-state index contributed by atoms with van der Waals surface area (Å²) >= 11 is 0. The van der Waals surface area contributed by atoms with E-state index in [0.29, 0.717) is 22.4 Å². The van der Waals surface area contributed by atoms with Crippen LogP contribution in [0.5, 0.6) is 0 Å². The number of aliphatic hydroxyl groups excluding tert-OH is 1. The lowest BCUT2D eigenvalue weighted by molar-refractivity contribution is -0.138. The molecule has 2 unspecified atom stereocenters. The number of halogens is 1. The normalized spacial score (nSPS) is 12.5. The van der Waals surface area contributed by atoms with E-state index in [-0.39, 0.29) is 17.9 Å². The first kappa shape index (κ1) is 26.3. The molecule has 35 heavy (non-hydrogen) atoms. The number of aromatic nitrogens is 1. The standard InChI is InChI=1S/C27H27FNO5P/c1-17(2)27-22(11-12-34-26(31)14-21(30)16-35(32)33)23(20-9-10-24(28)18(3)13-20)15-25(29-27)19-7-5-4-6-8-19/h4-10,13,15,17,21,30,35H,14,16H2,1-3H3,(H,32,33). The van der Waals surface area contributed by atoms with Crippen molar-refractivity contribution in [2.75, 3.05) is 6.16 Å². The van der Waals surface area contributed by atoms with Crippen molar-refractivity contribution in [3.8, 4) is 34.4 Å². The molecule has 0 spiro atoms. The van der Waals surface area contributed by atoms with Gasteiger partial charge in [0.25, 0.3) is 0 Å². The van der Waals surface area contributed by atoms with Gasteiger partial charge in [-0.05, 0) is 48.1 Å². The molecular formula is C27H27FNO5P. The van der Waals surface area contributed by atoms with Crippen LogP contribution in [0.2, 0.25) is 0 Å². The summed E-state index contributed by atoms with van der Waals surface area (Å²) in [6, 6.07) is 16.3. The van der Waals surface area contributed by atoms with Crippen LogP contribution in [-0.4, -0.2) is 33.2 Å². The Bertz CT molecular complexity index is 1300. The Morgan fingerprint density at radius 2 is 1.86 bits per heavy atom. The summed E-state index contributed by atoms with van der Waals surface area (Å²) in [7, 11) is -2.90. The number of benzene rings is 2. The fourth-order valence-corrected chi connectivity index (χ4v) is 4.10. The van der Waals surface area contributed by atoms with Gasteiger partial charge in [0.1, 0.15) is 11.9 Å². The van der Waals surface area contributed by atoms with E-state index in [9.17, 15) is 18.9 Å². The zero-order valence-electron chi connectivity index (χ0n) is 19.7. The van der Waals surface area contributed by atoms with Crippen LogP contribution in [0.15, 0.2) is 54.6 Å². The number of esters is 1. The number of pyridine rings is 1. The molecule has 1 aromatic heterocycles. The second kappa shape index (κ2) is 11.9. The van der Waals surface area contributed by atoms with Crippen LogP contribution in [0, 0.1) is 24.8 Å². The zero-order valence-corrected chi connectivity index (χ0v) is 20.7. The lowest BCUT2D eigenvalue weighted by Gasteiger charge is -2.16. The molecule has 2 aromatic carbocycles. The minimum atomic E-state index is -2.90. The number of ether oxygens (including phenoxy) is 1. The Kier molecular flexibility index (Phi) is 8.95. The Hall–Kier alpha value is -3.30. The number of aliphatic hydroxyl groups is 1. The third-order valence-electron chi connectivity index (χ3n) is 5.29. The highest BCUT2D eigenvalue weighted by atomic mass is 31.1. The molecule has 0 aliphatic heterocycles. The largest absolute Gasteiger partial charge is 0.392 e. The van der Waals surface area contributed by atoms with Gasteiger partial charge in [-0.2, -0.15) is 0 Å². The number of carbonyl (C=O) groups excluding carboxylic acids is 1. The third-order valence-corrected chi connectivity index (χ3v) is 6.11. The van der Waals surface area contributed by atoms with E-state index in [0.717, 1.165) is 16.8 Å². The van der Waals surface area contributed by atoms with E-state index in [4.69, 9.17) is 14.6 Å². The number of nitrogens with zero attached hydrogens (tertiary/aromatic N) is 1. The van der Waals surface area contributed by atoms with Crippen molar-refractivity contribution in [3.63, 3.8) is 0 Å². The number of rotatable bonds is 7. The Morgan fingerprint density at radius 1 is 1.14 bits per heavy atom. The fraction of sp³-hybridized carbons (Fsp3) is 0.259. The summed E-state index contributed by atoms with van der Waals surface area (Å²) in [6.07, 6.45) is 0.281. The summed E-state index contributed by atoms with van der Waals surface area (Å²) in [6.45, 7) is 5.63. The smallest absolute Gasteiger partial charge is 0.322 e. The maximum atomic E-state index is 14.0. The average Bonchev–Trinajstić information content (AvgIpc) is 2.80. The van der Waals surface area contributed by atoms with Gasteiger partial charge in [-0.1, -0.05) is 50.2 Å². The number of hydrogen-bond donors (Lipinski definition) is 2. The quantitative estimate of drug-likeness (QED) is 0.270. The van der Waals surface area contributed by atoms with Crippen molar-refractivity contribution in [1.82, 2.24) is 4.98 Å². The van der Waals surface area contributed by atoms with Crippen LogP contribution in [-0.2, 0) is 14.1 Å². The van der Waals surface area contributed by atoms with Crippen molar-refractivity contribution in [2.24, 2.45) is 0 Å². The molecule has 6 nitrogen and oxygen atoms in total. The topological polar surface area (TPSA) is 96.7 Å². The predicted octanol–water partition coefficient (Wildman–Crippen LogP) is 5.06. The molecule has 0 saturated carbocycles. The molecule has 0 radical (unpaired) electrons. The molecule has 8 heteroatoms. The van der Waals surface area contributed by atoms with Crippen LogP contribution >= 0.6 is 8.03 Å². The second-order valence-electron chi connectivity index (χ2n) is 8.46. The van der Waals surface area contributed by atoms with E-state index in [1.807, 2.05) is 50.2 Å². The predicted molar refractivity (Wildman–Crippen MR) is 134 cm³/mol. The molecule has 0 saturated heterocycles. The van der Waals surface area contributed by atoms with Gasteiger partial charge in [-0.3, -0.25) is 14.3 Å². The molecule has 0 aliphatic rings. The molecule has 3 aromatic rings. The van der Waals surface area contributed by atoms with Crippen molar-refractivity contribution < 1.29 is 28.5 Å². The Labute approximate surface area is 204 Å². The maximum Gasteiger partial charge on any atom is 0.322 e. The first-order valence-electron chi connectivity index (χ1n) is 11.1. The van der Waals surface area contributed by atoms with Crippen molar-refractivity contribution in [3.05, 3.63) is 77.2 Å². The van der Waals surface area contributed by atoms with Crippen LogP contribution in [0.25, 0.3) is 22.4 Å². The molecular weight excluding hydrogens is 468 g/mol. The van der Waals surface area contributed by atoms with Crippen LogP contribution < -0.4 is 0 Å². The van der Waals surface area contributed by atoms with E-state index in [1.54, 1.807) is 19.1 Å². The maximum absolute atomic E-state index is 14.0. The van der Waals surface area contributed by atoms with Crippen molar-refractivity contribution in [2.45, 2.75) is 39.2 Å². The summed E-state index contributed by atoms with van der Waals surface area (Å²) in [4.78, 5) is 25.7. The van der Waals surface area contributed by atoms with E-state index < -0.39 is 26.5 Å². The Morgan fingerprint density at radius 3 is 2.49 bits per heavy atom. The Balaban J connectivity index is 2.07. The minimum absolute atomic E-state index is 0.0250. The average molecular weight is 495 g/mol. The van der Waals surface area contributed by atoms with E-state index in [1.165, 1.54) is 6.07 Å². The second-order valence-corrected chi connectivity index (χ2v) is 9.65. The first-order valence-corrected chi connectivity index (χ1v) is 12.7. The van der Waals surface area contributed by atoms with Crippen LogP contribution in [0.3, 0.4) is 0 Å². The first-order chi connectivity index (χ1) is 16.7. The van der Waals surface area contributed by atoms with E-state index >= 15 is 0 Å². The van der Waals surface area contributed by atoms with Gasteiger partial charge in [0.15, 0.2) is 8.03 Å².